The van der Waals surface area contributed by atoms with E-state index in [1.54, 1.807) is 7.11 Å². The molecule has 0 radical (unpaired) electrons. The number of nitrogens with one attached hydrogen (secondary N) is 1. The molecule has 0 aliphatic rings. The van der Waals surface area contributed by atoms with Crippen molar-refractivity contribution in [2.24, 2.45) is 5.41 Å². The first-order valence-corrected chi connectivity index (χ1v) is 7.78. The molecule has 0 saturated heterocycles. The number of aryl methyl sites for hydroxylation is 1. The molecule has 0 unspecified atom stereocenters. The molecule has 2 aromatic rings. The fourth-order valence-corrected chi connectivity index (χ4v) is 2.49. The Hall–Kier alpha value is -1.32. The fraction of sp³-hybridized carbons (Fsp3) is 0.556. The van der Waals surface area contributed by atoms with Crippen LogP contribution in [0.5, 0.6) is 0 Å². The second-order valence-corrected chi connectivity index (χ2v) is 6.84. The average molecular weight is 288 g/mol. The molecular formula is C18H28N2O. The maximum absolute atomic E-state index is 5.07. The summed E-state index contributed by atoms with van der Waals surface area (Å²) >= 11 is 0. The van der Waals surface area contributed by atoms with Crippen LogP contribution in [0.1, 0.15) is 32.8 Å². The van der Waals surface area contributed by atoms with Crippen LogP contribution in [-0.2, 0) is 17.8 Å². The molecule has 1 aromatic heterocycles. The highest BCUT2D eigenvalue weighted by atomic mass is 16.5. The number of methoxy groups -OCH3 is 1. The van der Waals surface area contributed by atoms with Crippen molar-refractivity contribution in [2.75, 3.05) is 20.3 Å². The Labute approximate surface area is 128 Å². The lowest BCUT2D eigenvalue weighted by molar-refractivity contribution is 0.199. The van der Waals surface area contributed by atoms with Gasteiger partial charge in [0.25, 0.3) is 0 Å². The maximum atomic E-state index is 5.07. The van der Waals surface area contributed by atoms with Crippen LogP contribution >= 0.6 is 0 Å². The molecule has 3 heteroatoms. The minimum absolute atomic E-state index is 0.371. The number of rotatable bonds is 7. The van der Waals surface area contributed by atoms with Gasteiger partial charge in [-0.05, 0) is 29.5 Å². The summed E-state index contributed by atoms with van der Waals surface area (Å²) in [4.78, 5) is 0. The highest BCUT2D eigenvalue weighted by Crippen LogP contribution is 2.24. The summed E-state index contributed by atoms with van der Waals surface area (Å²) in [5.41, 5.74) is 3.07. The van der Waals surface area contributed by atoms with Crippen LogP contribution in [0.15, 0.2) is 30.5 Å². The van der Waals surface area contributed by atoms with E-state index < -0.39 is 0 Å². The van der Waals surface area contributed by atoms with Crippen LogP contribution in [-0.4, -0.2) is 24.8 Å². The highest BCUT2D eigenvalue weighted by molar-refractivity contribution is 5.83. The Morgan fingerprint density at radius 3 is 2.71 bits per heavy atom. The third-order valence-electron chi connectivity index (χ3n) is 3.81. The number of benzene rings is 1. The van der Waals surface area contributed by atoms with Crippen LogP contribution < -0.4 is 5.32 Å². The molecular weight excluding hydrogens is 260 g/mol. The molecule has 0 fully saturated rings. The zero-order valence-corrected chi connectivity index (χ0v) is 13.8. The number of nitrogens with zero attached hydrogens (tertiary/aromatic N) is 1. The van der Waals surface area contributed by atoms with Crippen LogP contribution in [0.2, 0.25) is 0 Å². The van der Waals surface area contributed by atoms with E-state index in [4.69, 9.17) is 4.74 Å². The molecule has 0 atom stereocenters. The molecule has 1 N–H and O–H groups in total. The Kier molecular flexibility index (Phi) is 5.43. The van der Waals surface area contributed by atoms with Gasteiger partial charge in [0, 0.05) is 43.8 Å². The Bertz CT molecular complexity index is 566. The van der Waals surface area contributed by atoms with Crippen LogP contribution in [0.25, 0.3) is 10.9 Å². The molecule has 0 aliphatic carbocycles. The first-order chi connectivity index (χ1) is 10.0. The third kappa shape index (κ3) is 4.58. The number of ether oxygens (including phenoxy) is 1. The summed E-state index contributed by atoms with van der Waals surface area (Å²) in [6.07, 6.45) is 3.40. The zero-order valence-electron chi connectivity index (χ0n) is 13.8. The van der Waals surface area contributed by atoms with Gasteiger partial charge in [0.1, 0.15) is 0 Å². The first-order valence-electron chi connectivity index (χ1n) is 7.78. The van der Waals surface area contributed by atoms with Gasteiger partial charge < -0.3 is 14.6 Å². The summed E-state index contributed by atoms with van der Waals surface area (Å²) in [6, 6.07) is 8.82. The largest absolute Gasteiger partial charge is 0.383 e. The molecule has 0 bridgehead atoms. The molecule has 2 rings (SSSR count). The van der Waals surface area contributed by atoms with E-state index in [0.717, 1.165) is 26.2 Å². The van der Waals surface area contributed by atoms with Gasteiger partial charge in [-0.15, -0.1) is 0 Å². The van der Waals surface area contributed by atoms with Crippen LogP contribution in [0.4, 0.5) is 0 Å². The highest BCUT2D eigenvalue weighted by Gasteiger charge is 2.11. The number of fused-ring (bicyclic) bond motifs is 1. The molecule has 0 aliphatic heterocycles. The molecule has 1 heterocycles. The van der Waals surface area contributed by atoms with E-state index in [9.17, 15) is 0 Å². The second-order valence-electron chi connectivity index (χ2n) is 6.84. The lowest BCUT2D eigenvalue weighted by atomic mass is 9.92. The van der Waals surface area contributed by atoms with Crippen molar-refractivity contribution in [1.82, 2.24) is 9.88 Å². The van der Waals surface area contributed by atoms with Crippen LogP contribution in [0.3, 0.4) is 0 Å². The Morgan fingerprint density at radius 2 is 2.00 bits per heavy atom. The lowest BCUT2D eigenvalue weighted by Crippen LogP contribution is -2.18. The van der Waals surface area contributed by atoms with Gasteiger partial charge in [-0.2, -0.15) is 0 Å². The van der Waals surface area contributed by atoms with Crippen molar-refractivity contribution >= 4 is 10.9 Å². The van der Waals surface area contributed by atoms with Crippen LogP contribution in [0, 0.1) is 5.41 Å². The smallest absolute Gasteiger partial charge is 0.0587 e. The molecule has 3 nitrogen and oxygen atoms in total. The zero-order chi connectivity index (χ0) is 15.3. The Balaban J connectivity index is 2.09. The van der Waals surface area contributed by atoms with E-state index in [2.05, 4.69) is 61.1 Å². The topological polar surface area (TPSA) is 26.2 Å². The molecule has 0 amide bonds. The lowest BCUT2D eigenvalue weighted by Gasteiger charge is -2.18. The summed E-state index contributed by atoms with van der Waals surface area (Å²) < 4.78 is 7.44. The summed E-state index contributed by atoms with van der Waals surface area (Å²) in [7, 11) is 1.73. The van der Waals surface area contributed by atoms with Gasteiger partial charge in [-0.25, -0.2) is 0 Å². The van der Waals surface area contributed by atoms with Crippen molar-refractivity contribution in [3.8, 4) is 0 Å². The SMILES string of the molecule is COCCNCc1cccc2c1ccn2CCC(C)(C)C. The van der Waals surface area contributed by atoms with Crippen molar-refractivity contribution in [3.05, 3.63) is 36.0 Å². The fourth-order valence-electron chi connectivity index (χ4n) is 2.49. The molecule has 116 valence electrons. The monoisotopic (exact) mass is 288 g/mol. The normalized spacial score (nSPS) is 12.2. The molecule has 21 heavy (non-hydrogen) atoms. The molecule has 1 aromatic carbocycles. The van der Waals surface area contributed by atoms with E-state index in [1.807, 2.05) is 0 Å². The average Bonchev–Trinajstić information content (AvgIpc) is 2.84. The van der Waals surface area contributed by atoms with Crippen molar-refractivity contribution in [3.63, 3.8) is 0 Å². The van der Waals surface area contributed by atoms with Gasteiger partial charge in [-0.1, -0.05) is 32.9 Å². The third-order valence-corrected chi connectivity index (χ3v) is 3.81. The number of hydrogen-bond acceptors (Lipinski definition) is 2. The summed E-state index contributed by atoms with van der Waals surface area (Å²) in [6.45, 7) is 10.5. The summed E-state index contributed by atoms with van der Waals surface area (Å²) in [5.74, 6) is 0. The standard InChI is InChI=1S/C18H28N2O/c1-18(2,3)9-12-20-11-8-16-15(6-5-7-17(16)20)14-19-10-13-21-4/h5-8,11,19H,9-10,12-14H2,1-4H3. The van der Waals surface area contributed by atoms with Gasteiger partial charge in [-0.3, -0.25) is 0 Å². The minimum atomic E-state index is 0.371. The molecule has 0 saturated carbocycles. The van der Waals surface area contributed by atoms with Gasteiger partial charge >= 0.3 is 0 Å². The summed E-state index contributed by atoms with van der Waals surface area (Å²) in [5, 5.41) is 4.78. The van der Waals surface area contributed by atoms with Gasteiger partial charge in [0.05, 0.1) is 6.61 Å². The minimum Gasteiger partial charge on any atom is -0.383 e. The maximum Gasteiger partial charge on any atom is 0.0587 e. The van der Waals surface area contributed by atoms with Gasteiger partial charge in [0.15, 0.2) is 0 Å². The van der Waals surface area contributed by atoms with Crippen molar-refractivity contribution < 1.29 is 4.74 Å². The quantitative estimate of drug-likeness (QED) is 0.784. The predicted octanol–water partition coefficient (Wildman–Crippen LogP) is 3.81. The first kappa shape index (κ1) is 16.1. The second kappa shape index (κ2) is 7.10. The van der Waals surface area contributed by atoms with Crippen molar-refractivity contribution in [2.45, 2.75) is 40.3 Å². The predicted molar refractivity (Wildman–Crippen MR) is 89.6 cm³/mol. The van der Waals surface area contributed by atoms with E-state index >= 15 is 0 Å². The Morgan fingerprint density at radius 1 is 1.19 bits per heavy atom. The van der Waals surface area contributed by atoms with E-state index in [0.29, 0.717) is 5.41 Å². The van der Waals surface area contributed by atoms with Gasteiger partial charge in [0.2, 0.25) is 0 Å². The number of hydrogen-bond donors (Lipinski definition) is 1. The van der Waals surface area contributed by atoms with Crippen molar-refractivity contribution in [1.29, 1.82) is 0 Å². The van der Waals surface area contributed by atoms with E-state index in [1.165, 1.54) is 22.9 Å². The molecule has 0 spiro atoms. The number of aromatic nitrogens is 1. The van der Waals surface area contributed by atoms with E-state index in [-0.39, 0.29) is 0 Å².